The molecule has 2 unspecified atom stereocenters. The smallest absolute Gasteiger partial charge is 0.337 e. The zero-order valence-electron chi connectivity index (χ0n) is 17.3. The molecule has 1 aromatic heterocycles. The summed E-state index contributed by atoms with van der Waals surface area (Å²) in [4.78, 5) is 24.4. The average Bonchev–Trinajstić information content (AvgIpc) is 3.22. The molecule has 2 heterocycles. The van der Waals surface area contributed by atoms with Crippen LogP contribution in [0.1, 0.15) is 39.2 Å². The van der Waals surface area contributed by atoms with Crippen LogP contribution in [0.25, 0.3) is 0 Å². The van der Waals surface area contributed by atoms with E-state index in [4.69, 9.17) is 13.9 Å². The molecule has 0 spiro atoms. The molecule has 3 rings (SSSR count). The number of hydrogen-bond acceptors (Lipinski definition) is 8. The number of halogens is 1. The highest BCUT2D eigenvalue weighted by atomic mass is 32.2. The first-order chi connectivity index (χ1) is 14.9. The molecule has 0 aliphatic carbocycles. The van der Waals surface area contributed by atoms with Gasteiger partial charge in [0.25, 0.3) is 11.1 Å². The van der Waals surface area contributed by atoms with Gasteiger partial charge in [-0.3, -0.25) is 0 Å². The summed E-state index contributed by atoms with van der Waals surface area (Å²) in [6, 6.07) is 5.18. The molecule has 2 amide bonds. The van der Waals surface area contributed by atoms with Crippen molar-refractivity contribution in [1.29, 1.82) is 0 Å². The van der Waals surface area contributed by atoms with Crippen molar-refractivity contribution >= 4 is 23.8 Å². The third-order valence-corrected chi connectivity index (χ3v) is 5.24. The molecule has 2 aromatic rings. The van der Waals surface area contributed by atoms with Gasteiger partial charge in [0.2, 0.25) is 0 Å². The van der Waals surface area contributed by atoms with Crippen LogP contribution in [0.4, 0.5) is 9.18 Å². The Kier molecular flexibility index (Phi) is 7.50. The Bertz CT molecular complexity index is 980. The number of para-hydroxylation sites is 1. The number of urea groups is 1. The lowest BCUT2D eigenvalue weighted by Crippen LogP contribution is -2.50. The summed E-state index contributed by atoms with van der Waals surface area (Å²) >= 11 is 1.15. The highest BCUT2D eigenvalue weighted by Gasteiger charge is 2.31. The van der Waals surface area contributed by atoms with Crippen LogP contribution in [-0.4, -0.2) is 40.6 Å². The molecular weight excluding hydrogens is 427 g/mol. The van der Waals surface area contributed by atoms with Crippen molar-refractivity contribution in [1.82, 2.24) is 20.8 Å². The number of benzene rings is 1. The molecule has 0 saturated heterocycles. The predicted molar refractivity (Wildman–Crippen MR) is 110 cm³/mol. The summed E-state index contributed by atoms with van der Waals surface area (Å²) in [7, 11) is 0. The quantitative estimate of drug-likeness (QED) is 0.441. The molecule has 0 bridgehead atoms. The lowest BCUT2D eigenvalue weighted by molar-refractivity contribution is -0.139. The second kappa shape index (κ2) is 10.3. The number of ether oxygens (including phenoxy) is 2. The number of aromatic nitrogens is 2. The van der Waals surface area contributed by atoms with Crippen molar-refractivity contribution in [2.45, 2.75) is 44.6 Å². The maximum absolute atomic E-state index is 13.8. The van der Waals surface area contributed by atoms with E-state index in [1.54, 1.807) is 26.0 Å². The van der Waals surface area contributed by atoms with Crippen LogP contribution < -0.4 is 15.4 Å². The number of thioether (sulfide) groups is 1. The second-order valence-electron chi connectivity index (χ2n) is 6.56. The topological polar surface area (TPSA) is 116 Å². The highest BCUT2D eigenvalue weighted by molar-refractivity contribution is 7.99. The first-order valence-electron chi connectivity index (χ1n) is 9.77. The number of esters is 1. The van der Waals surface area contributed by atoms with E-state index < -0.39 is 30.0 Å². The monoisotopic (exact) mass is 450 g/mol. The van der Waals surface area contributed by atoms with Gasteiger partial charge in [-0.05, 0) is 32.4 Å². The van der Waals surface area contributed by atoms with E-state index in [1.807, 2.05) is 6.92 Å². The molecular formula is C20H23FN4O5S. The molecule has 0 radical (unpaired) electrons. The Morgan fingerprint density at radius 1 is 1.32 bits per heavy atom. The summed E-state index contributed by atoms with van der Waals surface area (Å²) in [6.45, 7) is 5.46. The van der Waals surface area contributed by atoms with Gasteiger partial charge in [0.1, 0.15) is 0 Å². The van der Waals surface area contributed by atoms with Crippen LogP contribution in [0.15, 0.2) is 45.2 Å². The van der Waals surface area contributed by atoms with E-state index in [1.165, 1.54) is 12.1 Å². The minimum Gasteiger partial charge on any atom is -0.478 e. The maximum atomic E-state index is 13.8. The predicted octanol–water partition coefficient (Wildman–Crippen LogP) is 3.35. The molecule has 2 atom stereocenters. The number of rotatable bonds is 9. The third-order valence-electron chi connectivity index (χ3n) is 4.40. The Morgan fingerprint density at radius 2 is 2.10 bits per heavy atom. The average molecular weight is 450 g/mol. The summed E-state index contributed by atoms with van der Waals surface area (Å²) in [5.74, 6) is -0.521. The van der Waals surface area contributed by atoms with E-state index in [-0.39, 0.29) is 29.2 Å². The van der Waals surface area contributed by atoms with Crippen molar-refractivity contribution in [3.8, 4) is 5.75 Å². The van der Waals surface area contributed by atoms with Crippen LogP contribution in [0.2, 0.25) is 0 Å². The van der Waals surface area contributed by atoms with E-state index in [0.29, 0.717) is 17.7 Å². The number of carbonyl (C=O) groups is 2. The van der Waals surface area contributed by atoms with Crippen molar-refractivity contribution < 1.29 is 27.9 Å². The summed E-state index contributed by atoms with van der Waals surface area (Å²) in [6.07, 6.45) is -0.137. The van der Waals surface area contributed by atoms with Gasteiger partial charge in [-0.15, -0.1) is 10.2 Å². The first kappa shape index (κ1) is 22.6. The summed E-state index contributed by atoms with van der Waals surface area (Å²) in [5.41, 5.74) is 0.793. The molecule has 9 nitrogen and oxygen atoms in total. The standard InChI is InChI=1S/C20H23FN4O5S/c1-4-13-16(18(26)28-5-2)14(23-19(27)22-13)10-31-20-25-24-17(30-20)11(3)29-15-9-7-6-8-12(15)21/h6-9,11,13H,4-5,10H2,1-3H3,(H2,22,23,27). The molecule has 11 heteroatoms. The molecule has 1 aliphatic heterocycles. The molecule has 1 aliphatic rings. The third kappa shape index (κ3) is 5.54. The van der Waals surface area contributed by atoms with Gasteiger partial charge in [0.15, 0.2) is 17.7 Å². The van der Waals surface area contributed by atoms with Crippen LogP contribution in [-0.2, 0) is 9.53 Å². The molecule has 166 valence electrons. The van der Waals surface area contributed by atoms with Gasteiger partial charge in [-0.25, -0.2) is 14.0 Å². The van der Waals surface area contributed by atoms with Crippen molar-refractivity contribution in [3.63, 3.8) is 0 Å². The Morgan fingerprint density at radius 3 is 2.81 bits per heavy atom. The van der Waals surface area contributed by atoms with Gasteiger partial charge in [0, 0.05) is 11.4 Å². The van der Waals surface area contributed by atoms with Crippen LogP contribution >= 0.6 is 11.8 Å². The minimum atomic E-state index is -0.670. The molecule has 1 aromatic carbocycles. The fraction of sp³-hybridized carbons (Fsp3) is 0.400. The maximum Gasteiger partial charge on any atom is 0.337 e. The number of amides is 2. The molecule has 0 saturated carbocycles. The zero-order chi connectivity index (χ0) is 22.4. The molecule has 2 N–H and O–H groups in total. The Labute approximate surface area is 182 Å². The van der Waals surface area contributed by atoms with Crippen LogP contribution in [0, 0.1) is 5.82 Å². The number of hydrogen-bond donors (Lipinski definition) is 2. The SMILES string of the molecule is CCOC(=O)C1=C(CSc2nnc(C(C)Oc3ccccc3F)o2)NC(=O)NC1CC. The van der Waals surface area contributed by atoms with Gasteiger partial charge in [-0.2, -0.15) is 0 Å². The number of nitrogens with zero attached hydrogens (tertiary/aromatic N) is 2. The highest BCUT2D eigenvalue weighted by Crippen LogP contribution is 2.27. The van der Waals surface area contributed by atoms with Crippen LogP contribution in [0.3, 0.4) is 0 Å². The van der Waals surface area contributed by atoms with E-state index in [2.05, 4.69) is 20.8 Å². The van der Waals surface area contributed by atoms with Gasteiger partial charge < -0.3 is 24.5 Å². The van der Waals surface area contributed by atoms with E-state index in [9.17, 15) is 14.0 Å². The van der Waals surface area contributed by atoms with E-state index in [0.717, 1.165) is 11.8 Å². The largest absolute Gasteiger partial charge is 0.478 e. The van der Waals surface area contributed by atoms with Crippen molar-refractivity contribution in [3.05, 3.63) is 47.2 Å². The number of nitrogens with one attached hydrogen (secondary N) is 2. The lowest BCUT2D eigenvalue weighted by atomic mass is 10.0. The zero-order valence-corrected chi connectivity index (χ0v) is 18.1. The van der Waals surface area contributed by atoms with Crippen molar-refractivity contribution in [2.75, 3.05) is 12.4 Å². The first-order valence-corrected chi connectivity index (χ1v) is 10.8. The molecule has 0 fully saturated rings. The van der Waals surface area contributed by atoms with Crippen LogP contribution in [0.5, 0.6) is 5.75 Å². The van der Waals surface area contributed by atoms with Gasteiger partial charge in [-0.1, -0.05) is 30.8 Å². The normalized spacial score (nSPS) is 17.0. The Hall–Kier alpha value is -3.08. The fourth-order valence-corrected chi connectivity index (χ4v) is 3.67. The minimum absolute atomic E-state index is 0.0784. The molecule has 31 heavy (non-hydrogen) atoms. The van der Waals surface area contributed by atoms with E-state index >= 15 is 0 Å². The Balaban J connectivity index is 1.71. The van der Waals surface area contributed by atoms with Crippen molar-refractivity contribution in [2.24, 2.45) is 0 Å². The number of carbonyl (C=O) groups excluding carboxylic acids is 2. The fourth-order valence-electron chi connectivity index (χ4n) is 2.93. The second-order valence-corrected chi connectivity index (χ2v) is 7.48. The summed E-state index contributed by atoms with van der Waals surface area (Å²) < 4.78 is 30.0. The lowest BCUT2D eigenvalue weighted by Gasteiger charge is -2.28. The van der Waals surface area contributed by atoms with Gasteiger partial charge in [0.05, 0.1) is 18.2 Å². The van der Waals surface area contributed by atoms with Gasteiger partial charge >= 0.3 is 12.0 Å². The summed E-state index contributed by atoms with van der Waals surface area (Å²) in [5, 5.41) is 13.5.